The smallest absolute Gasteiger partial charge is 0.0464 e. The molecular formula is C41H36N2. The summed E-state index contributed by atoms with van der Waals surface area (Å²) < 4.78 is 0. The van der Waals surface area contributed by atoms with E-state index in [1.807, 2.05) is 0 Å². The van der Waals surface area contributed by atoms with Crippen molar-refractivity contribution in [1.82, 2.24) is 10.6 Å². The number of nitrogens with one attached hydrogen (secondary N) is 2. The quantitative estimate of drug-likeness (QED) is 0.215. The van der Waals surface area contributed by atoms with Crippen LogP contribution in [-0.2, 0) is 0 Å². The number of hydrogen-bond donors (Lipinski definition) is 2. The van der Waals surface area contributed by atoms with Crippen LogP contribution in [0.3, 0.4) is 0 Å². The maximum Gasteiger partial charge on any atom is 0.0464 e. The number of allylic oxidation sites excluding steroid dienone is 6. The molecule has 0 fully saturated rings. The van der Waals surface area contributed by atoms with Crippen LogP contribution in [0.1, 0.15) is 36.8 Å². The zero-order valence-corrected chi connectivity index (χ0v) is 24.7. The molecule has 5 aromatic rings. The van der Waals surface area contributed by atoms with Crippen molar-refractivity contribution in [2.45, 2.75) is 25.7 Å². The van der Waals surface area contributed by atoms with Gasteiger partial charge in [-0.15, -0.1) is 0 Å². The molecule has 0 bridgehead atoms. The summed E-state index contributed by atoms with van der Waals surface area (Å²) in [5.74, 6) is 0.367. The Labute approximate surface area is 253 Å². The van der Waals surface area contributed by atoms with Crippen LogP contribution >= 0.6 is 0 Å². The number of dihydropyridines is 1. The summed E-state index contributed by atoms with van der Waals surface area (Å²) in [7, 11) is 0. The van der Waals surface area contributed by atoms with E-state index in [0.717, 1.165) is 32.5 Å². The number of benzene rings is 5. The van der Waals surface area contributed by atoms with E-state index in [9.17, 15) is 0 Å². The van der Waals surface area contributed by atoms with E-state index in [1.54, 1.807) is 0 Å². The van der Waals surface area contributed by atoms with Gasteiger partial charge in [-0.3, -0.25) is 0 Å². The Kier molecular flexibility index (Phi) is 6.58. The largest absolute Gasteiger partial charge is 0.381 e. The highest BCUT2D eigenvalue weighted by Gasteiger charge is 2.23. The van der Waals surface area contributed by atoms with Crippen molar-refractivity contribution < 1.29 is 0 Å². The molecule has 0 radical (unpaired) electrons. The molecule has 0 aromatic heterocycles. The molecule has 3 aliphatic rings. The Balaban J connectivity index is 1.40. The van der Waals surface area contributed by atoms with Gasteiger partial charge in [0.05, 0.1) is 0 Å². The van der Waals surface area contributed by atoms with Crippen LogP contribution in [0.5, 0.6) is 0 Å². The average Bonchev–Trinajstić information content (AvgIpc) is 3.08. The Morgan fingerprint density at radius 2 is 1.33 bits per heavy atom. The second-order valence-corrected chi connectivity index (χ2v) is 12.0. The fourth-order valence-corrected chi connectivity index (χ4v) is 7.41. The molecular weight excluding hydrogens is 520 g/mol. The van der Waals surface area contributed by atoms with Crippen LogP contribution in [-0.4, -0.2) is 19.6 Å². The molecule has 2 nitrogen and oxygen atoms in total. The van der Waals surface area contributed by atoms with Gasteiger partial charge in [-0.1, -0.05) is 127 Å². The Morgan fingerprint density at radius 3 is 1.98 bits per heavy atom. The molecule has 2 N–H and O–H groups in total. The minimum absolute atomic E-state index is 0.367. The summed E-state index contributed by atoms with van der Waals surface area (Å²) in [4.78, 5) is 0. The third kappa shape index (κ3) is 4.45. The van der Waals surface area contributed by atoms with E-state index in [4.69, 9.17) is 0 Å². The zero-order valence-electron chi connectivity index (χ0n) is 24.7. The molecule has 2 heteroatoms. The van der Waals surface area contributed by atoms with E-state index >= 15 is 0 Å². The highest BCUT2D eigenvalue weighted by atomic mass is 14.9. The van der Waals surface area contributed by atoms with Crippen molar-refractivity contribution in [1.29, 1.82) is 0 Å². The van der Waals surface area contributed by atoms with Gasteiger partial charge in [0.2, 0.25) is 0 Å². The molecule has 2 heterocycles. The van der Waals surface area contributed by atoms with E-state index < -0.39 is 0 Å². The maximum atomic E-state index is 3.71. The number of hydrogen-bond acceptors (Lipinski definition) is 2. The Bertz CT molecular complexity index is 2010. The summed E-state index contributed by atoms with van der Waals surface area (Å²) in [6.07, 6.45) is 16.1. The van der Waals surface area contributed by atoms with Crippen molar-refractivity contribution in [3.8, 4) is 11.1 Å². The van der Waals surface area contributed by atoms with E-state index in [0.29, 0.717) is 5.92 Å². The van der Waals surface area contributed by atoms with Crippen LogP contribution in [0.2, 0.25) is 0 Å². The average molecular weight is 557 g/mol. The van der Waals surface area contributed by atoms with Gasteiger partial charge in [0.25, 0.3) is 0 Å². The first-order valence-electron chi connectivity index (χ1n) is 15.6. The monoisotopic (exact) mass is 556 g/mol. The normalized spacial score (nSPS) is 18.7. The van der Waals surface area contributed by atoms with Gasteiger partial charge < -0.3 is 10.6 Å². The fourth-order valence-electron chi connectivity index (χ4n) is 7.41. The number of fused-ring (bicyclic) bond motifs is 3. The topological polar surface area (TPSA) is 24.1 Å². The summed E-state index contributed by atoms with van der Waals surface area (Å²) in [6, 6.07) is 31.8. The lowest BCUT2D eigenvalue weighted by Crippen LogP contribution is -2.29. The minimum Gasteiger partial charge on any atom is -0.381 e. The molecule has 0 saturated heterocycles. The minimum atomic E-state index is 0.367. The molecule has 1 unspecified atom stereocenters. The predicted molar refractivity (Wildman–Crippen MR) is 184 cm³/mol. The third-order valence-electron chi connectivity index (χ3n) is 9.41. The van der Waals surface area contributed by atoms with Crippen molar-refractivity contribution in [2.24, 2.45) is 0 Å². The molecule has 0 saturated carbocycles. The molecule has 5 aromatic carbocycles. The lowest BCUT2D eigenvalue weighted by Gasteiger charge is -2.25. The molecule has 43 heavy (non-hydrogen) atoms. The molecule has 0 spiro atoms. The Morgan fingerprint density at radius 1 is 0.674 bits per heavy atom. The predicted octanol–water partition coefficient (Wildman–Crippen LogP) is 9.59. The van der Waals surface area contributed by atoms with Gasteiger partial charge >= 0.3 is 0 Å². The standard InChI is InChI=1S/C41H36N2/c1-27-18-20-28(21-19-27)39-33-13-4-6-15-35(33)40(36-16-7-5-14-34(36)39)37-23-22-32(30-11-2-3-12-31(30)37)38-17-9-25-43-41(38)29-10-8-24-42-26-29/h2-7,9-20,22-23,28,42-43H,8,21,24-26H2,1H3. The molecule has 210 valence electrons. The first kappa shape index (κ1) is 26.0. The van der Waals surface area contributed by atoms with Crippen LogP contribution in [0.4, 0.5) is 0 Å². The van der Waals surface area contributed by atoms with Crippen LogP contribution in [0.25, 0.3) is 49.0 Å². The van der Waals surface area contributed by atoms with Crippen molar-refractivity contribution >= 4 is 37.9 Å². The summed E-state index contributed by atoms with van der Waals surface area (Å²) in [6.45, 7) is 5.02. The SMILES string of the molecule is CC1=CCC(c2c3ccccc3c(-c3ccc(C4=C(C5=CCCNC5)NCC=C4)c4ccccc34)c3ccccc23)C=C1. The molecule has 8 rings (SSSR count). The molecule has 2 aliphatic heterocycles. The first-order chi connectivity index (χ1) is 21.3. The molecule has 0 amide bonds. The first-order valence-corrected chi connectivity index (χ1v) is 15.6. The summed E-state index contributed by atoms with van der Waals surface area (Å²) >= 11 is 0. The molecule has 1 atom stereocenters. The van der Waals surface area contributed by atoms with Crippen LogP contribution in [0.15, 0.2) is 138 Å². The van der Waals surface area contributed by atoms with Crippen molar-refractivity contribution in [2.75, 3.05) is 19.6 Å². The fraction of sp³-hybridized carbons (Fsp3) is 0.171. The summed E-state index contributed by atoms with van der Waals surface area (Å²) in [5, 5.41) is 15.2. The highest BCUT2D eigenvalue weighted by molar-refractivity contribution is 6.19. The second-order valence-electron chi connectivity index (χ2n) is 12.0. The van der Waals surface area contributed by atoms with Crippen LogP contribution in [0, 0.1) is 0 Å². The lowest BCUT2D eigenvalue weighted by atomic mass is 9.80. The summed E-state index contributed by atoms with van der Waals surface area (Å²) in [5.41, 5.74) is 10.6. The van der Waals surface area contributed by atoms with Gasteiger partial charge in [-0.05, 0) is 86.5 Å². The van der Waals surface area contributed by atoms with Crippen LogP contribution < -0.4 is 10.6 Å². The third-order valence-corrected chi connectivity index (χ3v) is 9.41. The maximum absolute atomic E-state index is 3.71. The van der Waals surface area contributed by atoms with Gasteiger partial charge in [0, 0.05) is 30.3 Å². The van der Waals surface area contributed by atoms with E-state index in [2.05, 4.69) is 139 Å². The van der Waals surface area contributed by atoms with Gasteiger partial charge in [0.15, 0.2) is 0 Å². The molecule has 1 aliphatic carbocycles. The number of rotatable bonds is 4. The van der Waals surface area contributed by atoms with Crippen molar-refractivity contribution in [3.05, 3.63) is 149 Å². The van der Waals surface area contributed by atoms with Gasteiger partial charge in [-0.2, -0.15) is 0 Å². The van der Waals surface area contributed by atoms with Gasteiger partial charge in [-0.25, -0.2) is 0 Å². The lowest BCUT2D eigenvalue weighted by molar-refractivity contribution is 0.695. The zero-order chi connectivity index (χ0) is 28.8. The second kappa shape index (κ2) is 10.9. The Hall–Kier alpha value is -4.66. The highest BCUT2D eigenvalue weighted by Crippen LogP contribution is 2.46. The van der Waals surface area contributed by atoms with E-state index in [1.165, 1.54) is 77.0 Å². The van der Waals surface area contributed by atoms with Gasteiger partial charge in [0.1, 0.15) is 0 Å². The van der Waals surface area contributed by atoms with E-state index in [-0.39, 0.29) is 0 Å². The van der Waals surface area contributed by atoms with Crippen molar-refractivity contribution in [3.63, 3.8) is 0 Å².